The van der Waals surface area contributed by atoms with E-state index in [4.69, 9.17) is 0 Å². The molecule has 4 heteroatoms. The Bertz CT molecular complexity index is 325. The summed E-state index contributed by atoms with van der Waals surface area (Å²) in [5, 5.41) is 3.32. The highest BCUT2D eigenvalue weighted by molar-refractivity contribution is 7.13. The molecule has 82 valence electrons. The van der Waals surface area contributed by atoms with Crippen LogP contribution >= 0.6 is 11.3 Å². The number of thiazole rings is 1. The quantitative estimate of drug-likeness (QED) is 0.724. The highest BCUT2D eigenvalue weighted by atomic mass is 32.1. The van der Waals surface area contributed by atoms with Crippen LogP contribution in [0.5, 0.6) is 0 Å². The molecule has 3 heterocycles. The summed E-state index contributed by atoms with van der Waals surface area (Å²) in [7, 11) is 2.24. The third-order valence-corrected chi connectivity index (χ3v) is 4.41. The first-order valence-electron chi connectivity index (χ1n) is 5.71. The zero-order valence-electron chi connectivity index (χ0n) is 9.09. The van der Waals surface area contributed by atoms with Gasteiger partial charge in [-0.05, 0) is 32.9 Å². The largest absolute Gasteiger partial charge is 0.341 e. The van der Waals surface area contributed by atoms with Gasteiger partial charge in [0.2, 0.25) is 0 Å². The normalized spacial score (nSPS) is 31.9. The Kier molecular flexibility index (Phi) is 2.41. The first-order valence-corrected chi connectivity index (χ1v) is 6.59. The topological polar surface area (TPSA) is 19.4 Å². The molecule has 0 N–H and O–H groups in total. The molecule has 3 rings (SSSR count). The summed E-state index contributed by atoms with van der Waals surface area (Å²) in [6, 6.07) is 1.44. The summed E-state index contributed by atoms with van der Waals surface area (Å²) in [4.78, 5) is 9.51. The van der Waals surface area contributed by atoms with Crippen LogP contribution in [0.15, 0.2) is 11.6 Å². The van der Waals surface area contributed by atoms with Crippen molar-refractivity contribution in [3.8, 4) is 0 Å². The second-order valence-corrected chi connectivity index (χ2v) is 5.53. The van der Waals surface area contributed by atoms with E-state index in [9.17, 15) is 0 Å². The molecule has 2 aliphatic rings. The predicted molar refractivity (Wildman–Crippen MR) is 63.5 cm³/mol. The molecule has 0 unspecified atom stereocenters. The maximum Gasteiger partial charge on any atom is 0.185 e. The molecule has 2 aliphatic heterocycles. The van der Waals surface area contributed by atoms with Crippen molar-refractivity contribution < 1.29 is 0 Å². The third kappa shape index (κ3) is 1.66. The zero-order chi connectivity index (χ0) is 10.3. The summed E-state index contributed by atoms with van der Waals surface area (Å²) < 4.78 is 0. The fourth-order valence-corrected chi connectivity index (χ4v) is 3.69. The zero-order valence-corrected chi connectivity index (χ0v) is 9.91. The highest BCUT2D eigenvalue weighted by Gasteiger charge is 2.37. The van der Waals surface area contributed by atoms with Crippen LogP contribution in [0.4, 0.5) is 5.13 Å². The van der Waals surface area contributed by atoms with E-state index in [-0.39, 0.29) is 0 Å². The summed E-state index contributed by atoms with van der Waals surface area (Å²) in [5.41, 5.74) is 0. The number of rotatable bonds is 1. The second kappa shape index (κ2) is 3.76. The fraction of sp³-hybridized carbons (Fsp3) is 0.727. The molecule has 0 saturated carbocycles. The SMILES string of the molecule is CN1CC[C@@H]2CC[C@H](C1)N2c1nccs1. The van der Waals surface area contributed by atoms with Gasteiger partial charge in [0.15, 0.2) is 5.13 Å². The first kappa shape index (κ1) is 9.60. The lowest BCUT2D eigenvalue weighted by Gasteiger charge is -2.27. The van der Waals surface area contributed by atoms with Crippen molar-refractivity contribution in [2.45, 2.75) is 31.3 Å². The lowest BCUT2D eigenvalue weighted by atomic mass is 10.1. The van der Waals surface area contributed by atoms with Gasteiger partial charge in [-0.3, -0.25) is 0 Å². The van der Waals surface area contributed by atoms with Gasteiger partial charge >= 0.3 is 0 Å². The van der Waals surface area contributed by atoms with Crippen LogP contribution in [0.1, 0.15) is 19.3 Å². The fourth-order valence-electron chi connectivity index (χ4n) is 2.90. The van der Waals surface area contributed by atoms with E-state index in [1.807, 2.05) is 6.20 Å². The van der Waals surface area contributed by atoms with Crippen molar-refractivity contribution in [2.24, 2.45) is 0 Å². The molecule has 0 aromatic carbocycles. The van der Waals surface area contributed by atoms with Crippen LogP contribution in [0.2, 0.25) is 0 Å². The lowest BCUT2D eigenvalue weighted by Crippen LogP contribution is -2.38. The van der Waals surface area contributed by atoms with Crippen LogP contribution in [0, 0.1) is 0 Å². The van der Waals surface area contributed by atoms with Gasteiger partial charge in [0, 0.05) is 30.2 Å². The maximum absolute atomic E-state index is 4.47. The average molecular weight is 223 g/mol. The minimum absolute atomic E-state index is 0.702. The number of fused-ring (bicyclic) bond motifs is 2. The smallest absolute Gasteiger partial charge is 0.185 e. The van der Waals surface area contributed by atoms with Crippen molar-refractivity contribution in [1.82, 2.24) is 9.88 Å². The van der Waals surface area contributed by atoms with Crippen molar-refractivity contribution in [3.63, 3.8) is 0 Å². The maximum atomic E-state index is 4.47. The summed E-state index contributed by atoms with van der Waals surface area (Å²) >= 11 is 1.78. The molecular formula is C11H17N3S. The molecule has 15 heavy (non-hydrogen) atoms. The Morgan fingerprint density at radius 3 is 3.00 bits per heavy atom. The van der Waals surface area contributed by atoms with Crippen LogP contribution in [0.25, 0.3) is 0 Å². The lowest BCUT2D eigenvalue weighted by molar-refractivity contribution is 0.315. The number of hydrogen-bond donors (Lipinski definition) is 0. The first-order chi connectivity index (χ1) is 7.34. The van der Waals surface area contributed by atoms with Crippen LogP contribution in [-0.4, -0.2) is 42.1 Å². The van der Waals surface area contributed by atoms with E-state index in [2.05, 4.69) is 27.2 Å². The van der Waals surface area contributed by atoms with Gasteiger partial charge in [0.05, 0.1) is 0 Å². The van der Waals surface area contributed by atoms with Crippen molar-refractivity contribution in [3.05, 3.63) is 11.6 Å². The molecular weight excluding hydrogens is 206 g/mol. The summed E-state index contributed by atoms with van der Waals surface area (Å²) in [5.74, 6) is 0. The molecule has 1 aromatic rings. The Morgan fingerprint density at radius 1 is 1.33 bits per heavy atom. The number of nitrogens with zero attached hydrogens (tertiary/aromatic N) is 3. The average Bonchev–Trinajstić information content (AvgIpc) is 2.78. The van der Waals surface area contributed by atoms with E-state index in [0.717, 1.165) is 6.04 Å². The Morgan fingerprint density at radius 2 is 2.20 bits per heavy atom. The van der Waals surface area contributed by atoms with Gasteiger partial charge in [-0.2, -0.15) is 0 Å². The number of aromatic nitrogens is 1. The Balaban J connectivity index is 1.88. The second-order valence-electron chi connectivity index (χ2n) is 4.66. The molecule has 0 radical (unpaired) electrons. The number of hydrogen-bond acceptors (Lipinski definition) is 4. The minimum atomic E-state index is 0.702. The van der Waals surface area contributed by atoms with Crippen LogP contribution in [0.3, 0.4) is 0 Å². The van der Waals surface area contributed by atoms with Crippen molar-refractivity contribution in [1.29, 1.82) is 0 Å². The van der Waals surface area contributed by atoms with E-state index in [0.29, 0.717) is 6.04 Å². The Hall–Kier alpha value is -0.610. The molecule has 2 fully saturated rings. The van der Waals surface area contributed by atoms with Gasteiger partial charge in [-0.25, -0.2) is 4.98 Å². The number of anilines is 1. The van der Waals surface area contributed by atoms with E-state index in [1.54, 1.807) is 11.3 Å². The molecule has 0 aliphatic carbocycles. The molecule has 3 nitrogen and oxygen atoms in total. The van der Waals surface area contributed by atoms with E-state index >= 15 is 0 Å². The molecule has 2 atom stereocenters. The van der Waals surface area contributed by atoms with Crippen molar-refractivity contribution in [2.75, 3.05) is 25.0 Å². The molecule has 0 spiro atoms. The monoisotopic (exact) mass is 223 g/mol. The number of likely N-dealkylation sites (N-methyl/N-ethyl adjacent to an activating group) is 1. The molecule has 1 aromatic heterocycles. The predicted octanol–water partition coefficient (Wildman–Crippen LogP) is 1.82. The van der Waals surface area contributed by atoms with E-state index in [1.165, 1.54) is 37.5 Å². The van der Waals surface area contributed by atoms with Crippen LogP contribution < -0.4 is 4.90 Å². The summed E-state index contributed by atoms with van der Waals surface area (Å²) in [6.07, 6.45) is 5.92. The molecule has 2 bridgehead atoms. The van der Waals surface area contributed by atoms with Crippen molar-refractivity contribution >= 4 is 16.5 Å². The van der Waals surface area contributed by atoms with Gasteiger partial charge in [-0.1, -0.05) is 0 Å². The third-order valence-electron chi connectivity index (χ3n) is 3.63. The van der Waals surface area contributed by atoms with Gasteiger partial charge in [0.1, 0.15) is 0 Å². The summed E-state index contributed by atoms with van der Waals surface area (Å²) in [6.45, 7) is 2.44. The molecule has 0 amide bonds. The highest BCUT2D eigenvalue weighted by Crippen LogP contribution is 2.35. The van der Waals surface area contributed by atoms with Gasteiger partial charge in [0.25, 0.3) is 0 Å². The minimum Gasteiger partial charge on any atom is -0.341 e. The number of likely N-dealkylation sites (tertiary alicyclic amines) is 1. The standard InChI is InChI=1S/C11H17N3S/c1-13-6-4-9-2-3-10(8-13)14(9)11-12-5-7-15-11/h5,7,9-10H,2-4,6,8H2,1H3/t9-,10+/m0/s1. The Labute approximate surface area is 94.7 Å². The van der Waals surface area contributed by atoms with Gasteiger partial charge < -0.3 is 9.80 Å². The molecule has 2 saturated heterocycles. The van der Waals surface area contributed by atoms with E-state index < -0.39 is 0 Å². The van der Waals surface area contributed by atoms with Gasteiger partial charge in [-0.15, -0.1) is 11.3 Å². The van der Waals surface area contributed by atoms with Crippen LogP contribution in [-0.2, 0) is 0 Å².